The molecule has 1 aliphatic rings. The van der Waals surface area contributed by atoms with Crippen LogP contribution in [0.5, 0.6) is 5.88 Å². The largest absolute Gasteiger partial charge is 0.490 e. The van der Waals surface area contributed by atoms with E-state index < -0.39 is 12.1 Å². The van der Waals surface area contributed by atoms with Crippen LogP contribution in [-0.4, -0.2) is 50.6 Å². The van der Waals surface area contributed by atoms with E-state index in [0.717, 1.165) is 31.4 Å². The van der Waals surface area contributed by atoms with Crippen molar-refractivity contribution in [1.82, 2.24) is 20.2 Å². The molecule has 2 aromatic rings. The number of anilines is 3. The van der Waals surface area contributed by atoms with Crippen LogP contribution in [0.1, 0.15) is 37.8 Å². The van der Waals surface area contributed by atoms with Crippen LogP contribution in [0.3, 0.4) is 0 Å². The number of alkyl halides is 3. The molecule has 3 rings (SSSR count). The Morgan fingerprint density at radius 2 is 1.94 bits per heavy atom. The Labute approximate surface area is 182 Å². The third kappa shape index (κ3) is 7.93. The molecular formula is C19H24F3N7O3. The minimum atomic E-state index is -5.08. The van der Waals surface area contributed by atoms with Crippen molar-refractivity contribution in [1.29, 1.82) is 5.26 Å². The summed E-state index contributed by atoms with van der Waals surface area (Å²) in [6.45, 7) is 1.94. The number of aromatic amines is 1. The second-order valence-corrected chi connectivity index (χ2v) is 7.21. The predicted molar refractivity (Wildman–Crippen MR) is 108 cm³/mol. The van der Waals surface area contributed by atoms with Crippen molar-refractivity contribution in [2.24, 2.45) is 5.92 Å². The van der Waals surface area contributed by atoms with Gasteiger partial charge in [-0.15, -0.1) is 0 Å². The maximum Gasteiger partial charge on any atom is 0.490 e. The van der Waals surface area contributed by atoms with Crippen LogP contribution in [0.25, 0.3) is 0 Å². The summed E-state index contributed by atoms with van der Waals surface area (Å²) < 4.78 is 37.0. The molecule has 1 fully saturated rings. The fourth-order valence-electron chi connectivity index (χ4n) is 3.09. The van der Waals surface area contributed by atoms with Gasteiger partial charge >= 0.3 is 12.1 Å². The maximum atomic E-state index is 10.6. The van der Waals surface area contributed by atoms with E-state index in [1.165, 1.54) is 0 Å². The standard InChI is InChI=1S/C17H23N7O.C2HF3O2/c1-11-9-15(24-23-11)20-14-10-16(25-2)22-17(21-14)19-13-5-3-12(4-6-13)7-8-18;3-2(4,5)1(6)7/h9-10,12-13H,3-7H2,1-2H3,(H3,19,20,21,22,23,24);(H,6,7). The topological polar surface area (TPSA) is 149 Å². The molecule has 0 aromatic carbocycles. The lowest BCUT2D eigenvalue weighted by molar-refractivity contribution is -0.192. The number of nitrogens with zero attached hydrogens (tertiary/aromatic N) is 4. The highest BCUT2D eigenvalue weighted by molar-refractivity contribution is 5.73. The molecule has 1 saturated carbocycles. The number of nitrogens with one attached hydrogen (secondary N) is 3. The lowest BCUT2D eigenvalue weighted by Crippen LogP contribution is -2.27. The van der Waals surface area contributed by atoms with Crippen LogP contribution in [0.2, 0.25) is 0 Å². The zero-order valence-electron chi connectivity index (χ0n) is 17.5. The van der Waals surface area contributed by atoms with E-state index in [1.54, 1.807) is 13.2 Å². The molecule has 0 bridgehead atoms. The van der Waals surface area contributed by atoms with Gasteiger partial charge in [0.25, 0.3) is 0 Å². The number of ether oxygens (including phenoxy) is 1. The van der Waals surface area contributed by atoms with E-state index in [4.69, 9.17) is 19.9 Å². The fraction of sp³-hybridized carbons (Fsp3) is 0.526. The smallest absolute Gasteiger partial charge is 0.481 e. The molecule has 0 unspecified atom stereocenters. The maximum absolute atomic E-state index is 10.6. The number of carboxylic acid groups (broad SMARTS) is 1. The summed E-state index contributed by atoms with van der Waals surface area (Å²) in [4.78, 5) is 17.8. The lowest BCUT2D eigenvalue weighted by atomic mass is 9.84. The van der Waals surface area contributed by atoms with E-state index in [1.807, 2.05) is 13.0 Å². The fourth-order valence-corrected chi connectivity index (χ4v) is 3.09. The summed E-state index contributed by atoms with van der Waals surface area (Å²) in [7, 11) is 1.59. The van der Waals surface area contributed by atoms with Crippen molar-refractivity contribution in [3.63, 3.8) is 0 Å². The van der Waals surface area contributed by atoms with Crippen LogP contribution in [0, 0.1) is 24.2 Å². The number of aromatic nitrogens is 4. The van der Waals surface area contributed by atoms with E-state index in [0.29, 0.717) is 41.8 Å². The first-order chi connectivity index (χ1) is 15.1. The molecule has 0 atom stereocenters. The van der Waals surface area contributed by atoms with Crippen LogP contribution >= 0.6 is 0 Å². The van der Waals surface area contributed by atoms with Crippen molar-refractivity contribution < 1.29 is 27.8 Å². The number of carboxylic acids is 1. The number of methoxy groups -OCH3 is 1. The Kier molecular flexibility index (Phi) is 8.62. The number of halogens is 3. The summed E-state index contributed by atoms with van der Waals surface area (Å²) in [5.74, 6) is 0.116. The zero-order valence-corrected chi connectivity index (χ0v) is 17.5. The molecule has 2 aromatic heterocycles. The summed E-state index contributed by atoms with van der Waals surface area (Å²) in [5.41, 5.74) is 0.969. The van der Waals surface area contributed by atoms with Gasteiger partial charge in [0.05, 0.1) is 13.2 Å². The van der Waals surface area contributed by atoms with Gasteiger partial charge in [-0.3, -0.25) is 5.10 Å². The molecule has 0 amide bonds. The van der Waals surface area contributed by atoms with Crippen molar-refractivity contribution in [3.05, 3.63) is 17.8 Å². The van der Waals surface area contributed by atoms with Gasteiger partial charge < -0.3 is 20.5 Å². The number of carbonyl (C=O) groups is 1. The normalized spacial score (nSPS) is 18.0. The molecule has 0 spiro atoms. The average Bonchev–Trinajstić information content (AvgIpc) is 3.13. The predicted octanol–water partition coefficient (Wildman–Crippen LogP) is 3.78. The minimum Gasteiger partial charge on any atom is -0.481 e. The van der Waals surface area contributed by atoms with Crippen molar-refractivity contribution in [3.8, 4) is 11.9 Å². The van der Waals surface area contributed by atoms with Crippen LogP contribution in [0.4, 0.5) is 30.8 Å². The highest BCUT2D eigenvalue weighted by atomic mass is 19.4. The number of aliphatic carboxylic acids is 1. The Bertz CT molecular complexity index is 935. The van der Waals surface area contributed by atoms with E-state index in [9.17, 15) is 13.2 Å². The van der Waals surface area contributed by atoms with Gasteiger partial charge in [-0.25, -0.2) is 4.79 Å². The number of aryl methyl sites for hydroxylation is 1. The average molecular weight is 455 g/mol. The third-order valence-corrected chi connectivity index (χ3v) is 4.68. The van der Waals surface area contributed by atoms with Gasteiger partial charge in [-0.05, 0) is 38.5 Å². The molecule has 0 saturated heterocycles. The lowest BCUT2D eigenvalue weighted by Gasteiger charge is -2.27. The SMILES string of the molecule is COc1cc(Nc2cc(C)[nH]n2)nc(NC2CCC(CC#N)CC2)n1.O=C(O)C(F)(F)F. The van der Waals surface area contributed by atoms with Crippen molar-refractivity contribution >= 4 is 23.6 Å². The number of nitriles is 1. The Morgan fingerprint density at radius 1 is 1.28 bits per heavy atom. The highest BCUT2D eigenvalue weighted by Gasteiger charge is 2.38. The van der Waals surface area contributed by atoms with Crippen molar-refractivity contribution in [2.45, 2.75) is 51.2 Å². The molecule has 0 radical (unpaired) electrons. The van der Waals surface area contributed by atoms with Gasteiger partial charge in [-0.2, -0.15) is 33.5 Å². The Balaban J connectivity index is 0.000000451. The molecule has 2 heterocycles. The summed E-state index contributed by atoms with van der Waals surface area (Å²) in [6.07, 6.45) is -0.262. The summed E-state index contributed by atoms with van der Waals surface area (Å²) in [6, 6.07) is 6.23. The van der Waals surface area contributed by atoms with Gasteiger partial charge in [0.2, 0.25) is 11.8 Å². The quantitative estimate of drug-likeness (QED) is 0.510. The van der Waals surface area contributed by atoms with Gasteiger partial charge in [0, 0.05) is 30.3 Å². The van der Waals surface area contributed by atoms with E-state index >= 15 is 0 Å². The Hall–Kier alpha value is -3.56. The number of hydrogen-bond acceptors (Lipinski definition) is 8. The van der Waals surface area contributed by atoms with Crippen LogP contribution in [-0.2, 0) is 4.79 Å². The highest BCUT2D eigenvalue weighted by Crippen LogP contribution is 2.28. The van der Waals surface area contributed by atoms with Crippen molar-refractivity contribution in [2.75, 3.05) is 17.7 Å². The molecule has 10 nitrogen and oxygen atoms in total. The molecule has 13 heteroatoms. The number of H-pyrrole nitrogens is 1. The number of hydrogen-bond donors (Lipinski definition) is 4. The van der Waals surface area contributed by atoms with Crippen LogP contribution in [0.15, 0.2) is 12.1 Å². The third-order valence-electron chi connectivity index (χ3n) is 4.68. The monoisotopic (exact) mass is 455 g/mol. The molecule has 4 N–H and O–H groups in total. The van der Waals surface area contributed by atoms with Gasteiger partial charge in [-0.1, -0.05) is 0 Å². The van der Waals surface area contributed by atoms with Gasteiger partial charge in [0.1, 0.15) is 5.82 Å². The Morgan fingerprint density at radius 3 is 2.44 bits per heavy atom. The molecule has 32 heavy (non-hydrogen) atoms. The molecule has 0 aliphatic heterocycles. The second kappa shape index (κ2) is 11.2. The van der Waals surface area contributed by atoms with E-state index in [-0.39, 0.29) is 0 Å². The first kappa shape index (κ1) is 24.7. The number of rotatable bonds is 6. The first-order valence-electron chi connectivity index (χ1n) is 9.76. The van der Waals surface area contributed by atoms with Gasteiger partial charge in [0.15, 0.2) is 5.82 Å². The molecule has 1 aliphatic carbocycles. The zero-order chi connectivity index (χ0) is 23.7. The first-order valence-corrected chi connectivity index (χ1v) is 9.76. The van der Waals surface area contributed by atoms with E-state index in [2.05, 4.69) is 36.9 Å². The molecule has 174 valence electrons. The van der Waals surface area contributed by atoms with Crippen LogP contribution < -0.4 is 15.4 Å². The summed E-state index contributed by atoms with van der Waals surface area (Å²) >= 11 is 0. The second-order valence-electron chi connectivity index (χ2n) is 7.21. The minimum absolute atomic E-state index is 0.322. The summed E-state index contributed by atoms with van der Waals surface area (Å²) in [5, 5.41) is 29.5. The molecular weight excluding hydrogens is 431 g/mol.